The Morgan fingerprint density at radius 1 is 1.47 bits per heavy atom. The van der Waals surface area contributed by atoms with Crippen LogP contribution in [0.4, 0.5) is 5.69 Å². The minimum atomic E-state index is -0.862. The quantitative estimate of drug-likeness (QED) is 0.788. The molecule has 0 radical (unpaired) electrons. The third-order valence-corrected chi connectivity index (χ3v) is 3.28. The molecule has 0 spiro atoms. The second kappa shape index (κ2) is 5.17. The van der Waals surface area contributed by atoms with E-state index in [1.165, 1.54) is 12.0 Å². The van der Waals surface area contributed by atoms with Gasteiger partial charge in [-0.1, -0.05) is 0 Å². The number of methoxy groups -OCH3 is 1. The summed E-state index contributed by atoms with van der Waals surface area (Å²) in [4.78, 5) is 24.7. The van der Waals surface area contributed by atoms with Gasteiger partial charge in [0, 0.05) is 24.8 Å². The molecule has 6 nitrogen and oxygen atoms in total. The molecule has 1 saturated heterocycles. The topological polar surface area (TPSA) is 92.9 Å². The van der Waals surface area contributed by atoms with E-state index in [0.717, 1.165) is 0 Å². The number of aliphatic carboxylic acids is 1. The van der Waals surface area contributed by atoms with E-state index >= 15 is 0 Å². The van der Waals surface area contributed by atoms with E-state index in [4.69, 9.17) is 15.6 Å². The van der Waals surface area contributed by atoms with Gasteiger partial charge in [-0.3, -0.25) is 9.59 Å². The number of amides is 1. The number of benzene rings is 1. The number of nitrogen functional groups attached to an aromatic ring is 1. The highest BCUT2D eigenvalue weighted by atomic mass is 16.5. The highest BCUT2D eigenvalue weighted by molar-refractivity contribution is 5.97. The molecule has 0 saturated carbocycles. The van der Waals surface area contributed by atoms with Crippen molar-refractivity contribution in [2.75, 3.05) is 25.9 Å². The minimum absolute atomic E-state index is 0.222. The van der Waals surface area contributed by atoms with Crippen LogP contribution in [0, 0.1) is 5.92 Å². The van der Waals surface area contributed by atoms with Crippen LogP contribution in [0.15, 0.2) is 18.2 Å². The van der Waals surface area contributed by atoms with Crippen LogP contribution in [-0.2, 0) is 4.79 Å². The van der Waals surface area contributed by atoms with Crippen molar-refractivity contribution in [2.24, 2.45) is 5.92 Å². The molecule has 0 aromatic heterocycles. The molecule has 0 aliphatic carbocycles. The standard InChI is InChI=1S/C13H16N2O4/c1-19-11-6-9(14)2-3-10(11)12(16)15-5-4-8(7-15)13(17)18/h2-3,6,8H,4-5,7,14H2,1H3,(H,17,18). The highest BCUT2D eigenvalue weighted by Gasteiger charge is 2.32. The van der Waals surface area contributed by atoms with Crippen molar-refractivity contribution in [3.63, 3.8) is 0 Å². The Morgan fingerprint density at radius 2 is 2.21 bits per heavy atom. The molecule has 1 aliphatic rings. The monoisotopic (exact) mass is 264 g/mol. The summed E-state index contributed by atoms with van der Waals surface area (Å²) in [6, 6.07) is 4.81. The van der Waals surface area contributed by atoms with Crippen molar-refractivity contribution >= 4 is 17.6 Å². The Balaban J connectivity index is 2.19. The van der Waals surface area contributed by atoms with Crippen LogP contribution in [-0.4, -0.2) is 42.1 Å². The van der Waals surface area contributed by atoms with Crippen LogP contribution in [0.25, 0.3) is 0 Å². The fraction of sp³-hybridized carbons (Fsp3) is 0.385. The number of nitrogens with two attached hydrogens (primary N) is 1. The van der Waals surface area contributed by atoms with E-state index in [9.17, 15) is 9.59 Å². The molecule has 2 rings (SSSR count). The molecular formula is C13H16N2O4. The summed E-state index contributed by atoms with van der Waals surface area (Å²) in [6.07, 6.45) is 0.484. The van der Waals surface area contributed by atoms with Gasteiger partial charge in [0.05, 0.1) is 18.6 Å². The fourth-order valence-corrected chi connectivity index (χ4v) is 2.20. The molecule has 1 atom stereocenters. The number of hydrogen-bond acceptors (Lipinski definition) is 4. The zero-order valence-electron chi connectivity index (χ0n) is 10.6. The lowest BCUT2D eigenvalue weighted by atomic mass is 10.1. The average molecular weight is 264 g/mol. The zero-order chi connectivity index (χ0) is 14.0. The van der Waals surface area contributed by atoms with Gasteiger partial charge >= 0.3 is 5.97 Å². The van der Waals surface area contributed by atoms with Crippen LogP contribution in [0.5, 0.6) is 5.75 Å². The first kappa shape index (κ1) is 13.2. The Labute approximate surface area is 110 Å². The van der Waals surface area contributed by atoms with Crippen molar-refractivity contribution < 1.29 is 19.4 Å². The number of carbonyl (C=O) groups is 2. The van der Waals surface area contributed by atoms with E-state index in [-0.39, 0.29) is 12.5 Å². The molecule has 1 heterocycles. The number of anilines is 1. The highest BCUT2D eigenvalue weighted by Crippen LogP contribution is 2.25. The fourth-order valence-electron chi connectivity index (χ4n) is 2.20. The lowest BCUT2D eigenvalue weighted by Gasteiger charge is -2.17. The molecule has 102 valence electrons. The molecule has 1 fully saturated rings. The summed E-state index contributed by atoms with van der Waals surface area (Å²) in [5.74, 6) is -1.16. The number of likely N-dealkylation sites (tertiary alicyclic amines) is 1. The van der Waals surface area contributed by atoms with E-state index in [2.05, 4.69) is 0 Å². The molecule has 1 aromatic carbocycles. The number of nitrogens with zero attached hydrogens (tertiary/aromatic N) is 1. The smallest absolute Gasteiger partial charge is 0.308 e. The molecular weight excluding hydrogens is 248 g/mol. The van der Waals surface area contributed by atoms with E-state index in [1.807, 2.05) is 0 Å². The molecule has 1 aliphatic heterocycles. The van der Waals surface area contributed by atoms with Gasteiger partial charge in [0.25, 0.3) is 5.91 Å². The lowest BCUT2D eigenvalue weighted by molar-refractivity contribution is -0.141. The van der Waals surface area contributed by atoms with Gasteiger partial charge in [0.1, 0.15) is 5.75 Å². The predicted molar refractivity (Wildman–Crippen MR) is 69.1 cm³/mol. The zero-order valence-corrected chi connectivity index (χ0v) is 10.6. The third-order valence-electron chi connectivity index (χ3n) is 3.28. The molecule has 1 aromatic rings. The largest absolute Gasteiger partial charge is 0.496 e. The number of carboxylic acids is 1. The number of carbonyl (C=O) groups excluding carboxylic acids is 1. The number of hydrogen-bond donors (Lipinski definition) is 2. The van der Waals surface area contributed by atoms with Crippen LogP contribution < -0.4 is 10.5 Å². The third kappa shape index (κ3) is 2.62. The van der Waals surface area contributed by atoms with Crippen LogP contribution in [0.2, 0.25) is 0 Å². The van der Waals surface area contributed by atoms with Crippen molar-refractivity contribution in [3.8, 4) is 5.75 Å². The molecule has 1 amide bonds. The Hall–Kier alpha value is -2.24. The van der Waals surface area contributed by atoms with Gasteiger partial charge in [0.2, 0.25) is 0 Å². The molecule has 1 unspecified atom stereocenters. The second-order valence-corrected chi connectivity index (χ2v) is 4.53. The van der Waals surface area contributed by atoms with E-state index < -0.39 is 11.9 Å². The van der Waals surface area contributed by atoms with Gasteiger partial charge in [-0.25, -0.2) is 0 Å². The maximum atomic E-state index is 12.3. The van der Waals surface area contributed by atoms with E-state index in [1.54, 1.807) is 18.2 Å². The van der Waals surface area contributed by atoms with Crippen LogP contribution in [0.3, 0.4) is 0 Å². The molecule has 0 bridgehead atoms. The Bertz CT molecular complexity index is 515. The van der Waals surface area contributed by atoms with Crippen molar-refractivity contribution in [2.45, 2.75) is 6.42 Å². The summed E-state index contributed by atoms with van der Waals surface area (Å²) in [5.41, 5.74) is 6.55. The number of rotatable bonds is 3. The van der Waals surface area contributed by atoms with Gasteiger partial charge in [-0.05, 0) is 18.6 Å². The van der Waals surface area contributed by atoms with Crippen molar-refractivity contribution in [3.05, 3.63) is 23.8 Å². The lowest BCUT2D eigenvalue weighted by Crippen LogP contribution is -2.30. The maximum Gasteiger partial charge on any atom is 0.308 e. The summed E-state index contributed by atoms with van der Waals surface area (Å²) in [7, 11) is 1.47. The second-order valence-electron chi connectivity index (χ2n) is 4.53. The van der Waals surface area contributed by atoms with E-state index in [0.29, 0.717) is 30.0 Å². The summed E-state index contributed by atoms with van der Waals surface area (Å²) >= 11 is 0. The van der Waals surface area contributed by atoms with Crippen molar-refractivity contribution in [1.82, 2.24) is 4.90 Å². The SMILES string of the molecule is COc1cc(N)ccc1C(=O)N1CCC(C(=O)O)C1. The normalized spacial score (nSPS) is 18.4. The maximum absolute atomic E-state index is 12.3. The van der Waals surface area contributed by atoms with Crippen LogP contribution >= 0.6 is 0 Å². The van der Waals surface area contributed by atoms with Gasteiger partial charge < -0.3 is 20.5 Å². The molecule has 3 N–H and O–H groups in total. The van der Waals surface area contributed by atoms with Gasteiger partial charge in [-0.2, -0.15) is 0 Å². The average Bonchev–Trinajstić information content (AvgIpc) is 2.87. The minimum Gasteiger partial charge on any atom is -0.496 e. The van der Waals surface area contributed by atoms with Crippen molar-refractivity contribution in [1.29, 1.82) is 0 Å². The first-order valence-corrected chi connectivity index (χ1v) is 5.98. The molecule has 19 heavy (non-hydrogen) atoms. The summed E-state index contributed by atoms with van der Waals surface area (Å²) in [5, 5.41) is 8.94. The summed E-state index contributed by atoms with van der Waals surface area (Å²) < 4.78 is 5.14. The first-order valence-electron chi connectivity index (χ1n) is 5.98. The first-order chi connectivity index (χ1) is 9.02. The number of carboxylic acid groups (broad SMARTS) is 1. The summed E-state index contributed by atoms with van der Waals surface area (Å²) in [6.45, 7) is 0.686. The van der Waals surface area contributed by atoms with Gasteiger partial charge in [0.15, 0.2) is 0 Å². The Kier molecular flexibility index (Phi) is 3.59. The molecule has 6 heteroatoms. The predicted octanol–water partition coefficient (Wildman–Crippen LogP) is 0.824. The Morgan fingerprint density at radius 3 is 2.79 bits per heavy atom. The number of ether oxygens (including phenoxy) is 1. The van der Waals surface area contributed by atoms with Gasteiger partial charge in [-0.15, -0.1) is 0 Å². The van der Waals surface area contributed by atoms with Crippen LogP contribution in [0.1, 0.15) is 16.8 Å².